The summed E-state index contributed by atoms with van der Waals surface area (Å²) < 4.78 is 28.3. The molecule has 21 heavy (non-hydrogen) atoms. The van der Waals surface area contributed by atoms with Gasteiger partial charge in [-0.05, 0) is 29.3 Å². The maximum atomic E-state index is 11.6. The summed E-state index contributed by atoms with van der Waals surface area (Å²) in [4.78, 5) is 0.317. The van der Waals surface area contributed by atoms with Crippen molar-refractivity contribution in [2.45, 2.75) is 18.0 Å². The maximum absolute atomic E-state index is 11.6. The van der Waals surface area contributed by atoms with Crippen LogP contribution in [0.3, 0.4) is 0 Å². The van der Waals surface area contributed by atoms with E-state index in [-0.39, 0.29) is 0 Å². The molecule has 0 amide bonds. The number of methoxy groups -OCH3 is 1. The van der Waals surface area contributed by atoms with Crippen LogP contribution in [0.25, 0.3) is 0 Å². The van der Waals surface area contributed by atoms with E-state index < -0.39 is 9.84 Å². The van der Waals surface area contributed by atoms with Gasteiger partial charge in [0.05, 0.1) is 11.5 Å². The molecule has 1 N–H and O–H groups in total. The van der Waals surface area contributed by atoms with Crippen LogP contribution in [0, 0.1) is 0 Å². The first-order valence-corrected chi connectivity index (χ1v) is 8.49. The third kappa shape index (κ3) is 4.31. The normalized spacial score (nSPS) is 11.3. The molecule has 0 aliphatic heterocycles. The molecule has 0 heterocycles. The molecule has 0 aromatic heterocycles. The summed E-state index contributed by atoms with van der Waals surface area (Å²) in [5, 5.41) is 3.25. The number of benzene rings is 2. The zero-order chi connectivity index (χ0) is 15.3. The van der Waals surface area contributed by atoms with E-state index >= 15 is 0 Å². The molecule has 5 heteroatoms. The molecule has 112 valence electrons. The Kier molecular flexibility index (Phi) is 4.98. The van der Waals surface area contributed by atoms with Gasteiger partial charge in [-0.1, -0.05) is 30.3 Å². The molecule has 2 aromatic carbocycles. The number of ether oxygens (including phenoxy) is 1. The highest BCUT2D eigenvalue weighted by Gasteiger charge is 2.07. The van der Waals surface area contributed by atoms with Crippen LogP contribution in [0.4, 0.5) is 5.69 Å². The summed E-state index contributed by atoms with van der Waals surface area (Å²) >= 11 is 0. The summed E-state index contributed by atoms with van der Waals surface area (Å²) in [7, 11) is -1.52. The van der Waals surface area contributed by atoms with Gasteiger partial charge in [0.15, 0.2) is 9.84 Å². The molecule has 0 bridgehead atoms. The van der Waals surface area contributed by atoms with E-state index in [1.54, 1.807) is 25.3 Å². The second-order valence-corrected chi connectivity index (χ2v) is 6.87. The van der Waals surface area contributed by atoms with Crippen LogP contribution in [-0.2, 0) is 27.7 Å². The lowest BCUT2D eigenvalue weighted by molar-refractivity contribution is 0.184. The van der Waals surface area contributed by atoms with E-state index in [1.165, 1.54) is 6.26 Å². The van der Waals surface area contributed by atoms with Gasteiger partial charge in [0.2, 0.25) is 0 Å². The summed E-state index contributed by atoms with van der Waals surface area (Å²) in [6, 6.07) is 14.8. The fourth-order valence-corrected chi connectivity index (χ4v) is 2.73. The van der Waals surface area contributed by atoms with Crippen molar-refractivity contribution in [3.05, 3.63) is 59.7 Å². The predicted molar refractivity (Wildman–Crippen MR) is 84.0 cm³/mol. The SMILES string of the molecule is COCc1ccccc1CNc1cccc(S(C)(=O)=O)c1. The number of sulfone groups is 1. The standard InChI is InChI=1S/C16H19NO3S/c1-20-12-14-7-4-3-6-13(14)11-17-15-8-5-9-16(10-15)21(2,18)19/h3-10,17H,11-12H2,1-2H3. The molecule has 0 saturated carbocycles. The number of nitrogens with one attached hydrogen (secondary N) is 1. The fourth-order valence-electron chi connectivity index (χ4n) is 2.06. The lowest BCUT2D eigenvalue weighted by atomic mass is 10.1. The number of anilines is 1. The highest BCUT2D eigenvalue weighted by atomic mass is 32.2. The minimum absolute atomic E-state index is 0.317. The first kappa shape index (κ1) is 15.5. The molecule has 0 unspecified atom stereocenters. The highest BCUT2D eigenvalue weighted by molar-refractivity contribution is 7.90. The molecule has 0 atom stereocenters. The topological polar surface area (TPSA) is 55.4 Å². The van der Waals surface area contributed by atoms with E-state index in [9.17, 15) is 8.42 Å². The Morgan fingerprint density at radius 1 is 1.05 bits per heavy atom. The van der Waals surface area contributed by atoms with Crippen molar-refractivity contribution in [3.8, 4) is 0 Å². The van der Waals surface area contributed by atoms with Crippen molar-refractivity contribution >= 4 is 15.5 Å². The van der Waals surface area contributed by atoms with E-state index in [2.05, 4.69) is 5.32 Å². The van der Waals surface area contributed by atoms with Gasteiger partial charge in [-0.25, -0.2) is 8.42 Å². The van der Waals surface area contributed by atoms with Crippen LogP contribution >= 0.6 is 0 Å². The molecule has 0 fully saturated rings. The van der Waals surface area contributed by atoms with E-state index in [0.29, 0.717) is 18.0 Å². The van der Waals surface area contributed by atoms with Crippen LogP contribution < -0.4 is 5.32 Å². The van der Waals surface area contributed by atoms with E-state index in [0.717, 1.165) is 16.8 Å². The van der Waals surface area contributed by atoms with Gasteiger partial charge in [0.1, 0.15) is 0 Å². The first-order chi connectivity index (χ1) is 10.0. The Labute approximate surface area is 125 Å². The van der Waals surface area contributed by atoms with Crippen molar-refractivity contribution < 1.29 is 13.2 Å². The molecule has 0 spiro atoms. The Morgan fingerprint density at radius 3 is 2.43 bits per heavy atom. The minimum atomic E-state index is -3.19. The van der Waals surface area contributed by atoms with Gasteiger partial charge >= 0.3 is 0 Å². The van der Waals surface area contributed by atoms with Crippen molar-refractivity contribution in [3.63, 3.8) is 0 Å². The Hall–Kier alpha value is -1.85. The second kappa shape index (κ2) is 6.74. The van der Waals surface area contributed by atoms with Crippen molar-refractivity contribution in [1.29, 1.82) is 0 Å². The molecule has 0 radical (unpaired) electrons. The molecule has 0 saturated heterocycles. The smallest absolute Gasteiger partial charge is 0.175 e. The van der Waals surface area contributed by atoms with Crippen molar-refractivity contribution in [1.82, 2.24) is 0 Å². The zero-order valence-electron chi connectivity index (χ0n) is 12.2. The largest absolute Gasteiger partial charge is 0.381 e. The minimum Gasteiger partial charge on any atom is -0.381 e. The fraction of sp³-hybridized carbons (Fsp3) is 0.250. The van der Waals surface area contributed by atoms with Crippen molar-refractivity contribution in [2.75, 3.05) is 18.7 Å². The molecule has 4 nitrogen and oxygen atoms in total. The van der Waals surface area contributed by atoms with Crippen LogP contribution in [0.5, 0.6) is 0 Å². The van der Waals surface area contributed by atoms with Crippen LogP contribution in [-0.4, -0.2) is 21.8 Å². The Morgan fingerprint density at radius 2 is 1.76 bits per heavy atom. The van der Waals surface area contributed by atoms with E-state index in [4.69, 9.17) is 4.74 Å². The number of rotatable bonds is 6. The van der Waals surface area contributed by atoms with Gasteiger partial charge in [0, 0.05) is 25.6 Å². The summed E-state index contributed by atoms with van der Waals surface area (Å²) in [5.74, 6) is 0. The average Bonchev–Trinajstić information content (AvgIpc) is 2.46. The monoisotopic (exact) mass is 305 g/mol. The lowest BCUT2D eigenvalue weighted by Gasteiger charge is -2.11. The second-order valence-electron chi connectivity index (χ2n) is 4.86. The summed E-state index contributed by atoms with van der Waals surface area (Å²) in [5.41, 5.74) is 3.03. The Bertz CT molecular complexity index is 711. The molecular formula is C16H19NO3S. The van der Waals surface area contributed by atoms with Gasteiger partial charge < -0.3 is 10.1 Å². The average molecular weight is 305 g/mol. The third-order valence-corrected chi connectivity index (χ3v) is 4.27. The lowest BCUT2D eigenvalue weighted by Crippen LogP contribution is -2.04. The predicted octanol–water partition coefficient (Wildman–Crippen LogP) is 2.85. The molecule has 0 aliphatic carbocycles. The summed E-state index contributed by atoms with van der Waals surface area (Å²) in [6.07, 6.45) is 1.21. The number of hydrogen-bond acceptors (Lipinski definition) is 4. The third-order valence-electron chi connectivity index (χ3n) is 3.16. The number of hydrogen-bond donors (Lipinski definition) is 1. The molecule has 2 aromatic rings. The van der Waals surface area contributed by atoms with Crippen molar-refractivity contribution in [2.24, 2.45) is 0 Å². The van der Waals surface area contributed by atoms with Crippen LogP contribution in [0.15, 0.2) is 53.4 Å². The zero-order valence-corrected chi connectivity index (χ0v) is 13.0. The molecule has 2 rings (SSSR count). The van der Waals surface area contributed by atoms with E-state index in [1.807, 2.05) is 30.3 Å². The van der Waals surface area contributed by atoms with Gasteiger partial charge in [0.25, 0.3) is 0 Å². The van der Waals surface area contributed by atoms with Gasteiger partial charge in [-0.2, -0.15) is 0 Å². The quantitative estimate of drug-likeness (QED) is 0.891. The maximum Gasteiger partial charge on any atom is 0.175 e. The van der Waals surface area contributed by atoms with Crippen LogP contribution in [0.2, 0.25) is 0 Å². The van der Waals surface area contributed by atoms with Crippen LogP contribution in [0.1, 0.15) is 11.1 Å². The van der Waals surface area contributed by atoms with Gasteiger partial charge in [-0.3, -0.25) is 0 Å². The Balaban J connectivity index is 2.14. The first-order valence-electron chi connectivity index (χ1n) is 6.60. The van der Waals surface area contributed by atoms with Gasteiger partial charge in [-0.15, -0.1) is 0 Å². The highest BCUT2D eigenvalue weighted by Crippen LogP contribution is 2.17. The molecule has 0 aliphatic rings. The molecular weight excluding hydrogens is 286 g/mol. The summed E-state index contributed by atoms with van der Waals surface area (Å²) in [6.45, 7) is 1.17.